The molecule has 0 fully saturated rings. The standard InChI is InChI=1S/C5H11NO3/c1-2-9-5(8)3-4(6)7/h4,7H,2-3,6H2,1H3. The fraction of sp³-hybridized carbons (Fsp3) is 0.800. The Morgan fingerprint density at radius 3 is 2.78 bits per heavy atom. The first kappa shape index (κ1) is 8.39. The van der Waals surface area contributed by atoms with Crippen LogP contribution in [0.25, 0.3) is 0 Å². The van der Waals surface area contributed by atoms with E-state index in [1.54, 1.807) is 6.92 Å². The molecule has 0 radical (unpaired) electrons. The molecule has 0 heterocycles. The van der Waals surface area contributed by atoms with Gasteiger partial charge in [-0.2, -0.15) is 0 Å². The van der Waals surface area contributed by atoms with E-state index in [1.165, 1.54) is 0 Å². The van der Waals surface area contributed by atoms with Crippen molar-refractivity contribution in [3.05, 3.63) is 0 Å². The van der Waals surface area contributed by atoms with Gasteiger partial charge >= 0.3 is 5.97 Å². The molecule has 4 nitrogen and oxygen atoms in total. The van der Waals surface area contributed by atoms with Crippen LogP contribution in [0.3, 0.4) is 0 Å². The van der Waals surface area contributed by atoms with Crippen LogP contribution in [-0.2, 0) is 9.53 Å². The predicted molar refractivity (Wildman–Crippen MR) is 31.4 cm³/mol. The Labute approximate surface area is 53.6 Å². The van der Waals surface area contributed by atoms with Crippen LogP contribution in [0.4, 0.5) is 0 Å². The molecule has 1 unspecified atom stereocenters. The Morgan fingerprint density at radius 2 is 2.44 bits per heavy atom. The van der Waals surface area contributed by atoms with Gasteiger partial charge in [0.05, 0.1) is 13.0 Å². The summed E-state index contributed by atoms with van der Waals surface area (Å²) in [5, 5.41) is 8.43. The van der Waals surface area contributed by atoms with Gasteiger partial charge in [0, 0.05) is 0 Å². The van der Waals surface area contributed by atoms with Crippen molar-refractivity contribution >= 4 is 5.97 Å². The summed E-state index contributed by atoms with van der Waals surface area (Å²) < 4.78 is 4.47. The lowest BCUT2D eigenvalue weighted by molar-refractivity contribution is -0.145. The van der Waals surface area contributed by atoms with Gasteiger partial charge in [0.25, 0.3) is 0 Å². The highest BCUT2D eigenvalue weighted by Gasteiger charge is 2.04. The summed E-state index contributed by atoms with van der Waals surface area (Å²) in [5.74, 6) is -0.465. The van der Waals surface area contributed by atoms with Gasteiger partial charge in [0.1, 0.15) is 6.23 Å². The normalized spacial score (nSPS) is 12.8. The number of aliphatic hydroxyl groups excluding tert-OH is 1. The third-order valence-corrected chi connectivity index (χ3v) is 0.681. The molecule has 1 atom stereocenters. The molecule has 9 heavy (non-hydrogen) atoms. The smallest absolute Gasteiger partial charge is 0.309 e. The molecule has 54 valence electrons. The second-order valence-corrected chi connectivity index (χ2v) is 1.58. The molecular weight excluding hydrogens is 122 g/mol. The Bertz CT molecular complexity index is 92.2. The van der Waals surface area contributed by atoms with E-state index in [4.69, 9.17) is 10.8 Å². The third-order valence-electron chi connectivity index (χ3n) is 0.681. The van der Waals surface area contributed by atoms with Crippen LogP contribution in [0.15, 0.2) is 0 Å². The molecular formula is C5H11NO3. The van der Waals surface area contributed by atoms with E-state index in [-0.39, 0.29) is 6.42 Å². The number of ether oxygens (including phenoxy) is 1. The minimum absolute atomic E-state index is 0.131. The SMILES string of the molecule is CCOC(=O)CC(N)O. The molecule has 0 amide bonds. The molecule has 0 saturated heterocycles. The molecule has 0 saturated carbocycles. The average molecular weight is 133 g/mol. The monoisotopic (exact) mass is 133 g/mol. The van der Waals surface area contributed by atoms with E-state index in [0.717, 1.165) is 0 Å². The van der Waals surface area contributed by atoms with Crippen LogP contribution >= 0.6 is 0 Å². The van der Waals surface area contributed by atoms with Gasteiger partial charge in [-0.15, -0.1) is 0 Å². The lowest BCUT2D eigenvalue weighted by Crippen LogP contribution is -2.23. The Balaban J connectivity index is 3.27. The van der Waals surface area contributed by atoms with E-state index in [1.807, 2.05) is 0 Å². The van der Waals surface area contributed by atoms with Crippen LogP contribution in [0.1, 0.15) is 13.3 Å². The molecule has 0 aliphatic heterocycles. The van der Waals surface area contributed by atoms with Crippen molar-refractivity contribution < 1.29 is 14.6 Å². The van der Waals surface area contributed by atoms with Gasteiger partial charge < -0.3 is 15.6 Å². The zero-order valence-corrected chi connectivity index (χ0v) is 5.33. The summed E-state index contributed by atoms with van der Waals surface area (Å²) in [6.07, 6.45) is -1.22. The molecule has 4 heteroatoms. The van der Waals surface area contributed by atoms with Gasteiger partial charge in [-0.05, 0) is 6.92 Å². The number of carbonyl (C=O) groups excluding carboxylic acids is 1. The van der Waals surface area contributed by atoms with E-state index < -0.39 is 12.2 Å². The van der Waals surface area contributed by atoms with Gasteiger partial charge in [-0.3, -0.25) is 4.79 Å². The summed E-state index contributed by atoms with van der Waals surface area (Å²) in [5.41, 5.74) is 4.88. The largest absolute Gasteiger partial charge is 0.466 e. The fourth-order valence-corrected chi connectivity index (χ4v) is 0.391. The molecule has 0 aliphatic rings. The average Bonchev–Trinajstić information content (AvgIpc) is 1.63. The maximum atomic E-state index is 10.4. The Hall–Kier alpha value is -0.610. The zero-order chi connectivity index (χ0) is 7.28. The first-order chi connectivity index (χ1) is 4.16. The summed E-state index contributed by atoms with van der Waals surface area (Å²) in [7, 11) is 0. The summed E-state index contributed by atoms with van der Waals surface area (Å²) in [4.78, 5) is 10.4. The van der Waals surface area contributed by atoms with Crippen LogP contribution in [0.2, 0.25) is 0 Å². The molecule has 0 aliphatic carbocycles. The van der Waals surface area contributed by atoms with Gasteiger partial charge in [0.2, 0.25) is 0 Å². The van der Waals surface area contributed by atoms with Crippen molar-refractivity contribution in [2.45, 2.75) is 19.6 Å². The van der Waals surface area contributed by atoms with Crippen molar-refractivity contribution in [1.29, 1.82) is 0 Å². The number of rotatable bonds is 3. The zero-order valence-electron chi connectivity index (χ0n) is 5.33. The highest BCUT2D eigenvalue weighted by Crippen LogP contribution is 1.86. The van der Waals surface area contributed by atoms with Crippen LogP contribution < -0.4 is 5.73 Å². The van der Waals surface area contributed by atoms with Crippen LogP contribution in [0.5, 0.6) is 0 Å². The summed E-state index contributed by atoms with van der Waals surface area (Å²) in [6.45, 7) is 2.02. The quantitative estimate of drug-likeness (QED) is 0.391. The second-order valence-electron chi connectivity index (χ2n) is 1.58. The first-order valence-electron chi connectivity index (χ1n) is 2.76. The number of esters is 1. The predicted octanol–water partition coefficient (Wildman–Crippen LogP) is -0.783. The van der Waals surface area contributed by atoms with Crippen molar-refractivity contribution in [3.63, 3.8) is 0 Å². The number of nitrogens with two attached hydrogens (primary N) is 1. The Kier molecular flexibility index (Phi) is 4.00. The van der Waals surface area contributed by atoms with Crippen LogP contribution in [0, 0.1) is 0 Å². The van der Waals surface area contributed by atoms with Gasteiger partial charge in [-0.25, -0.2) is 0 Å². The summed E-state index contributed by atoms with van der Waals surface area (Å²) >= 11 is 0. The lowest BCUT2D eigenvalue weighted by atomic mass is 10.4. The maximum absolute atomic E-state index is 10.4. The Morgan fingerprint density at radius 1 is 1.89 bits per heavy atom. The molecule has 0 aromatic rings. The molecule has 3 N–H and O–H groups in total. The summed E-state index contributed by atoms with van der Waals surface area (Å²) in [6, 6.07) is 0. The topological polar surface area (TPSA) is 72.5 Å². The highest BCUT2D eigenvalue weighted by molar-refractivity contribution is 5.69. The van der Waals surface area contributed by atoms with Crippen molar-refractivity contribution in [1.82, 2.24) is 0 Å². The lowest BCUT2D eigenvalue weighted by Gasteiger charge is -2.02. The second kappa shape index (κ2) is 4.29. The molecule has 0 aromatic heterocycles. The highest BCUT2D eigenvalue weighted by atomic mass is 16.5. The fourth-order valence-electron chi connectivity index (χ4n) is 0.391. The first-order valence-corrected chi connectivity index (χ1v) is 2.76. The molecule has 0 rings (SSSR count). The van der Waals surface area contributed by atoms with Gasteiger partial charge in [0.15, 0.2) is 0 Å². The van der Waals surface area contributed by atoms with E-state index in [2.05, 4.69) is 4.74 Å². The third kappa shape index (κ3) is 5.26. The van der Waals surface area contributed by atoms with Gasteiger partial charge in [-0.1, -0.05) is 0 Å². The van der Waals surface area contributed by atoms with E-state index in [9.17, 15) is 4.79 Å². The maximum Gasteiger partial charge on any atom is 0.309 e. The van der Waals surface area contributed by atoms with Crippen molar-refractivity contribution in [2.24, 2.45) is 5.73 Å². The number of aliphatic hydroxyl groups is 1. The number of hydrogen-bond donors (Lipinski definition) is 2. The van der Waals surface area contributed by atoms with E-state index >= 15 is 0 Å². The minimum Gasteiger partial charge on any atom is -0.466 e. The van der Waals surface area contributed by atoms with E-state index in [0.29, 0.717) is 6.61 Å². The van der Waals surface area contributed by atoms with Crippen molar-refractivity contribution in [3.8, 4) is 0 Å². The van der Waals surface area contributed by atoms with Crippen LogP contribution in [-0.4, -0.2) is 23.9 Å². The molecule has 0 bridgehead atoms. The molecule has 0 spiro atoms. The van der Waals surface area contributed by atoms with Crippen molar-refractivity contribution in [2.75, 3.05) is 6.61 Å². The number of hydrogen-bond acceptors (Lipinski definition) is 4. The number of carbonyl (C=O) groups is 1. The minimum atomic E-state index is -1.09. The molecule has 0 aromatic carbocycles.